The zero-order chi connectivity index (χ0) is 15.5. The van der Waals surface area contributed by atoms with Gasteiger partial charge in [-0.2, -0.15) is 0 Å². The normalized spacial score (nSPS) is 20.2. The highest BCUT2D eigenvalue weighted by molar-refractivity contribution is 5.97. The van der Waals surface area contributed by atoms with Crippen LogP contribution in [0.5, 0.6) is 0 Å². The second-order valence-electron chi connectivity index (χ2n) is 6.92. The average molecular weight is 289 g/mol. The lowest BCUT2D eigenvalue weighted by Crippen LogP contribution is -2.25. The van der Waals surface area contributed by atoms with Crippen LogP contribution >= 0.6 is 0 Å². The molecule has 1 aromatic rings. The van der Waals surface area contributed by atoms with Crippen LogP contribution in [0.25, 0.3) is 0 Å². The van der Waals surface area contributed by atoms with E-state index in [2.05, 4.69) is 36.9 Å². The van der Waals surface area contributed by atoms with E-state index in [0.717, 1.165) is 18.7 Å². The van der Waals surface area contributed by atoms with Crippen molar-refractivity contribution in [3.63, 3.8) is 0 Å². The molecule has 0 aromatic heterocycles. The van der Waals surface area contributed by atoms with Crippen LogP contribution in [0.4, 0.5) is 0 Å². The number of nitrogens with two attached hydrogens (primary N) is 1. The molecule has 1 fully saturated rings. The van der Waals surface area contributed by atoms with Gasteiger partial charge in [-0.25, -0.2) is 0 Å². The minimum atomic E-state index is 0.168. The predicted octanol–water partition coefficient (Wildman–Crippen LogP) is 3.10. The van der Waals surface area contributed by atoms with Gasteiger partial charge < -0.3 is 10.9 Å². The van der Waals surface area contributed by atoms with Gasteiger partial charge in [0, 0.05) is 12.1 Å². The summed E-state index contributed by atoms with van der Waals surface area (Å²) in [5.41, 5.74) is 9.40. The van der Waals surface area contributed by atoms with E-state index in [1.165, 1.54) is 36.9 Å². The average Bonchev–Trinajstić information content (AvgIpc) is 2.61. The Balaban J connectivity index is 2.06. The van der Waals surface area contributed by atoms with E-state index in [1.807, 2.05) is 12.1 Å². The maximum absolute atomic E-state index is 8.74. The Bertz CT molecular complexity index is 523. The van der Waals surface area contributed by atoms with Crippen LogP contribution in [0, 0.1) is 12.3 Å². The molecule has 1 aliphatic rings. The summed E-state index contributed by atoms with van der Waals surface area (Å²) in [6.45, 7) is 10.1. The molecule has 0 atom stereocenters. The lowest BCUT2D eigenvalue weighted by atomic mass is 9.85. The Kier molecular flexibility index (Phi) is 4.88. The molecule has 0 unspecified atom stereocenters. The highest BCUT2D eigenvalue weighted by Crippen LogP contribution is 2.30. The molecule has 4 heteroatoms. The third-order valence-corrected chi connectivity index (χ3v) is 4.57. The van der Waals surface area contributed by atoms with Gasteiger partial charge in [0.2, 0.25) is 0 Å². The number of benzene rings is 1. The van der Waals surface area contributed by atoms with Crippen LogP contribution in [0.15, 0.2) is 23.4 Å². The van der Waals surface area contributed by atoms with Crippen LogP contribution in [0.1, 0.15) is 49.8 Å². The largest absolute Gasteiger partial charge is 0.409 e. The molecule has 0 amide bonds. The summed E-state index contributed by atoms with van der Waals surface area (Å²) in [7, 11) is 0. The number of rotatable bonds is 3. The third-order valence-electron chi connectivity index (χ3n) is 4.57. The topological polar surface area (TPSA) is 61.9 Å². The summed E-state index contributed by atoms with van der Waals surface area (Å²) >= 11 is 0. The second-order valence-corrected chi connectivity index (χ2v) is 6.92. The van der Waals surface area contributed by atoms with Gasteiger partial charge in [0.05, 0.1) is 0 Å². The fraction of sp³-hybridized carbons (Fsp3) is 0.588. The van der Waals surface area contributed by atoms with Gasteiger partial charge in [0.15, 0.2) is 5.84 Å². The summed E-state index contributed by atoms with van der Waals surface area (Å²) in [4.78, 5) is 2.54. The van der Waals surface area contributed by atoms with Gasteiger partial charge >= 0.3 is 0 Å². The van der Waals surface area contributed by atoms with Crippen molar-refractivity contribution in [1.82, 2.24) is 4.90 Å². The Morgan fingerprint density at radius 1 is 1.33 bits per heavy atom. The smallest absolute Gasteiger partial charge is 0.170 e. The van der Waals surface area contributed by atoms with E-state index in [1.54, 1.807) is 0 Å². The van der Waals surface area contributed by atoms with Crippen LogP contribution in [0.2, 0.25) is 0 Å². The van der Waals surface area contributed by atoms with Crippen LogP contribution in [0.3, 0.4) is 0 Å². The first-order valence-corrected chi connectivity index (χ1v) is 7.71. The number of likely N-dealkylation sites (tertiary alicyclic amines) is 1. The van der Waals surface area contributed by atoms with Crippen LogP contribution in [-0.2, 0) is 6.54 Å². The highest BCUT2D eigenvalue weighted by Gasteiger charge is 2.23. The molecule has 21 heavy (non-hydrogen) atoms. The standard InChI is InChI=1S/C17H27N3O/c1-13-11-14(16(18)19-21)5-6-15(13)12-20-9-4-7-17(2,3)8-10-20/h5-6,11,21H,4,7-10,12H2,1-3H3,(H2,18,19). The maximum Gasteiger partial charge on any atom is 0.170 e. The van der Waals surface area contributed by atoms with Gasteiger partial charge in [-0.15, -0.1) is 0 Å². The number of hydrogen-bond donors (Lipinski definition) is 2. The van der Waals surface area contributed by atoms with E-state index < -0.39 is 0 Å². The molecule has 3 N–H and O–H groups in total. The number of nitrogens with zero attached hydrogens (tertiary/aromatic N) is 2. The molecule has 0 spiro atoms. The molecule has 1 aliphatic heterocycles. The van der Waals surface area contributed by atoms with Crippen molar-refractivity contribution < 1.29 is 5.21 Å². The first-order valence-electron chi connectivity index (χ1n) is 7.71. The zero-order valence-corrected chi connectivity index (χ0v) is 13.4. The Morgan fingerprint density at radius 2 is 2.10 bits per heavy atom. The number of hydrogen-bond acceptors (Lipinski definition) is 3. The van der Waals surface area contributed by atoms with Crippen molar-refractivity contribution in [2.75, 3.05) is 13.1 Å². The Hall–Kier alpha value is -1.55. The monoisotopic (exact) mass is 289 g/mol. The Labute approximate surface area is 127 Å². The van der Waals surface area contributed by atoms with Crippen molar-refractivity contribution in [3.8, 4) is 0 Å². The molecule has 0 bridgehead atoms. The van der Waals surface area contributed by atoms with Crippen LogP contribution in [-0.4, -0.2) is 29.0 Å². The summed E-state index contributed by atoms with van der Waals surface area (Å²) in [5.74, 6) is 0.168. The Morgan fingerprint density at radius 3 is 2.76 bits per heavy atom. The molecule has 1 aromatic carbocycles. The maximum atomic E-state index is 8.74. The van der Waals surface area contributed by atoms with Crippen LogP contribution < -0.4 is 5.73 Å². The zero-order valence-electron chi connectivity index (χ0n) is 13.4. The number of amidine groups is 1. The van der Waals surface area contributed by atoms with Crippen molar-refractivity contribution >= 4 is 5.84 Å². The molecular formula is C17H27N3O. The first kappa shape index (κ1) is 15.8. The third kappa shape index (κ3) is 4.21. The number of oxime groups is 1. The van der Waals surface area contributed by atoms with E-state index in [-0.39, 0.29) is 5.84 Å². The predicted molar refractivity (Wildman–Crippen MR) is 86.6 cm³/mol. The molecule has 0 radical (unpaired) electrons. The fourth-order valence-corrected chi connectivity index (χ4v) is 2.97. The summed E-state index contributed by atoms with van der Waals surface area (Å²) in [6, 6.07) is 6.02. The second kappa shape index (κ2) is 6.48. The van der Waals surface area contributed by atoms with E-state index in [0.29, 0.717) is 5.41 Å². The molecule has 2 rings (SSSR count). The van der Waals surface area contributed by atoms with Gasteiger partial charge in [0.25, 0.3) is 0 Å². The molecule has 1 saturated heterocycles. The fourth-order valence-electron chi connectivity index (χ4n) is 2.97. The lowest BCUT2D eigenvalue weighted by Gasteiger charge is -2.24. The number of aryl methyl sites for hydroxylation is 1. The summed E-state index contributed by atoms with van der Waals surface area (Å²) < 4.78 is 0. The van der Waals surface area contributed by atoms with Gasteiger partial charge in [0.1, 0.15) is 0 Å². The molecule has 0 aliphatic carbocycles. The van der Waals surface area contributed by atoms with Gasteiger partial charge in [-0.1, -0.05) is 31.1 Å². The van der Waals surface area contributed by atoms with Gasteiger partial charge in [-0.05, 0) is 61.9 Å². The molecule has 1 heterocycles. The van der Waals surface area contributed by atoms with E-state index in [4.69, 9.17) is 10.9 Å². The van der Waals surface area contributed by atoms with E-state index >= 15 is 0 Å². The highest BCUT2D eigenvalue weighted by atomic mass is 16.4. The van der Waals surface area contributed by atoms with Crippen molar-refractivity contribution in [3.05, 3.63) is 34.9 Å². The molecule has 4 nitrogen and oxygen atoms in total. The molecule has 116 valence electrons. The van der Waals surface area contributed by atoms with Crippen molar-refractivity contribution in [2.24, 2.45) is 16.3 Å². The van der Waals surface area contributed by atoms with Gasteiger partial charge in [-0.3, -0.25) is 4.90 Å². The quantitative estimate of drug-likeness (QED) is 0.389. The minimum absolute atomic E-state index is 0.168. The summed E-state index contributed by atoms with van der Waals surface area (Å²) in [5, 5.41) is 11.8. The molecule has 0 saturated carbocycles. The molecular weight excluding hydrogens is 262 g/mol. The van der Waals surface area contributed by atoms with Crippen molar-refractivity contribution in [1.29, 1.82) is 0 Å². The first-order chi connectivity index (χ1) is 9.91. The minimum Gasteiger partial charge on any atom is -0.409 e. The van der Waals surface area contributed by atoms with Crippen molar-refractivity contribution in [2.45, 2.75) is 46.6 Å². The lowest BCUT2D eigenvalue weighted by molar-refractivity contribution is 0.255. The van der Waals surface area contributed by atoms with E-state index in [9.17, 15) is 0 Å². The SMILES string of the molecule is Cc1cc(/C(N)=N/O)ccc1CN1CCCC(C)(C)CC1. The summed E-state index contributed by atoms with van der Waals surface area (Å²) in [6.07, 6.45) is 3.84.